The summed E-state index contributed by atoms with van der Waals surface area (Å²) in [7, 11) is 0. The molecule has 6 heteroatoms. The Kier molecular flexibility index (Phi) is 3.93. The standard InChI is InChI=1S/C17H16F3NO2/c18-17(19,20)13-7-8-15(16(23)12(13)10-22)21-9-3-5-11-4-1-2-6-14(11)21/h1-2,4,6-8,22-23H,3,5,9-10H2. The Hall–Kier alpha value is -2.21. The number of aromatic hydroxyl groups is 1. The number of aliphatic hydroxyl groups excluding tert-OH is 1. The first-order valence-electron chi connectivity index (χ1n) is 7.32. The maximum atomic E-state index is 13.0. The van der Waals surface area contributed by atoms with E-state index in [0.717, 1.165) is 30.2 Å². The topological polar surface area (TPSA) is 43.7 Å². The molecule has 0 spiro atoms. The van der Waals surface area contributed by atoms with Gasteiger partial charge < -0.3 is 15.1 Å². The van der Waals surface area contributed by atoms with Gasteiger partial charge >= 0.3 is 6.18 Å². The van der Waals surface area contributed by atoms with Gasteiger partial charge in [0.2, 0.25) is 0 Å². The van der Waals surface area contributed by atoms with Gasteiger partial charge in [-0.25, -0.2) is 0 Å². The minimum absolute atomic E-state index is 0.286. The Bertz CT molecular complexity index is 728. The van der Waals surface area contributed by atoms with Gasteiger partial charge in [-0.15, -0.1) is 0 Å². The van der Waals surface area contributed by atoms with E-state index in [4.69, 9.17) is 0 Å². The van der Waals surface area contributed by atoms with Gasteiger partial charge in [-0.1, -0.05) is 18.2 Å². The Morgan fingerprint density at radius 3 is 2.48 bits per heavy atom. The van der Waals surface area contributed by atoms with Gasteiger partial charge in [-0.3, -0.25) is 0 Å². The van der Waals surface area contributed by atoms with Crippen LogP contribution < -0.4 is 4.90 Å². The number of fused-ring (bicyclic) bond motifs is 1. The normalized spacial score (nSPS) is 14.7. The van der Waals surface area contributed by atoms with Crippen molar-refractivity contribution in [3.05, 3.63) is 53.1 Å². The fourth-order valence-corrected chi connectivity index (χ4v) is 3.05. The highest BCUT2D eigenvalue weighted by atomic mass is 19.4. The molecular weight excluding hydrogens is 307 g/mol. The van der Waals surface area contributed by atoms with E-state index >= 15 is 0 Å². The lowest BCUT2D eigenvalue weighted by atomic mass is 9.99. The average molecular weight is 323 g/mol. The number of aliphatic hydroxyl groups is 1. The highest BCUT2D eigenvalue weighted by molar-refractivity contribution is 5.74. The smallest absolute Gasteiger partial charge is 0.416 e. The van der Waals surface area contributed by atoms with Gasteiger partial charge in [0.05, 0.1) is 17.9 Å². The molecule has 3 rings (SSSR count). The Morgan fingerprint density at radius 2 is 1.78 bits per heavy atom. The zero-order valence-electron chi connectivity index (χ0n) is 12.3. The van der Waals surface area contributed by atoms with E-state index in [-0.39, 0.29) is 5.69 Å². The van der Waals surface area contributed by atoms with Gasteiger partial charge in [0, 0.05) is 17.8 Å². The van der Waals surface area contributed by atoms with Crippen LogP contribution >= 0.6 is 0 Å². The van der Waals surface area contributed by atoms with Gasteiger partial charge in [-0.2, -0.15) is 13.2 Å². The molecule has 2 aromatic carbocycles. The molecule has 0 amide bonds. The van der Waals surface area contributed by atoms with Crippen LogP contribution in [0, 0.1) is 0 Å². The number of alkyl halides is 3. The molecule has 1 heterocycles. The van der Waals surface area contributed by atoms with E-state index in [2.05, 4.69) is 0 Å². The molecule has 2 N–H and O–H groups in total. The Balaban J connectivity index is 2.12. The number of halogens is 3. The molecule has 3 nitrogen and oxygen atoms in total. The van der Waals surface area contributed by atoms with E-state index in [0.29, 0.717) is 6.54 Å². The molecule has 2 aromatic rings. The third kappa shape index (κ3) is 2.74. The lowest BCUT2D eigenvalue weighted by Gasteiger charge is -2.32. The summed E-state index contributed by atoms with van der Waals surface area (Å²) in [6.45, 7) is -0.273. The molecule has 0 bridgehead atoms. The van der Waals surface area contributed by atoms with Crippen molar-refractivity contribution in [2.24, 2.45) is 0 Å². The quantitative estimate of drug-likeness (QED) is 0.878. The van der Waals surface area contributed by atoms with E-state index in [9.17, 15) is 23.4 Å². The second-order valence-corrected chi connectivity index (χ2v) is 5.50. The summed E-state index contributed by atoms with van der Waals surface area (Å²) in [4.78, 5) is 1.80. The van der Waals surface area contributed by atoms with Crippen LogP contribution in [0.4, 0.5) is 24.5 Å². The predicted octanol–water partition coefficient (Wildman–Crippen LogP) is 3.99. The third-order valence-corrected chi connectivity index (χ3v) is 4.13. The molecule has 0 unspecified atom stereocenters. The lowest BCUT2D eigenvalue weighted by molar-refractivity contribution is -0.138. The molecule has 0 aromatic heterocycles. The van der Waals surface area contributed by atoms with Crippen LogP contribution in [0.1, 0.15) is 23.1 Å². The molecule has 0 radical (unpaired) electrons. The summed E-state index contributed by atoms with van der Waals surface area (Å²) in [6, 6.07) is 9.79. The number of anilines is 2. The summed E-state index contributed by atoms with van der Waals surface area (Å²) in [5.41, 5.74) is 0.750. The van der Waals surface area contributed by atoms with Crippen molar-refractivity contribution in [3.8, 4) is 5.75 Å². The second-order valence-electron chi connectivity index (χ2n) is 5.50. The van der Waals surface area contributed by atoms with E-state index in [1.54, 1.807) is 4.90 Å². The maximum Gasteiger partial charge on any atom is 0.416 e. The maximum absolute atomic E-state index is 13.0. The second kappa shape index (κ2) is 5.77. The van der Waals surface area contributed by atoms with Gasteiger partial charge in [-0.05, 0) is 36.6 Å². The van der Waals surface area contributed by atoms with Crippen LogP contribution in [0.3, 0.4) is 0 Å². The molecule has 122 valence electrons. The molecular formula is C17H16F3NO2. The summed E-state index contributed by atoms with van der Waals surface area (Å²) in [5, 5.41) is 19.6. The fraction of sp³-hybridized carbons (Fsp3) is 0.294. The first-order valence-corrected chi connectivity index (χ1v) is 7.32. The summed E-state index contributed by atoms with van der Waals surface area (Å²) < 4.78 is 39.0. The van der Waals surface area contributed by atoms with Gasteiger partial charge in [0.15, 0.2) is 0 Å². The first kappa shape index (κ1) is 15.7. The Labute approximate surface area is 131 Å². The minimum Gasteiger partial charge on any atom is -0.505 e. The van der Waals surface area contributed by atoms with Crippen molar-refractivity contribution in [1.29, 1.82) is 0 Å². The van der Waals surface area contributed by atoms with Crippen molar-refractivity contribution in [2.45, 2.75) is 25.6 Å². The number of hydrogen-bond donors (Lipinski definition) is 2. The highest BCUT2D eigenvalue weighted by Gasteiger charge is 2.35. The predicted molar refractivity (Wildman–Crippen MR) is 80.8 cm³/mol. The molecule has 23 heavy (non-hydrogen) atoms. The number of hydrogen-bond acceptors (Lipinski definition) is 3. The molecule has 1 aliphatic rings. The molecule has 0 fully saturated rings. The van der Waals surface area contributed by atoms with Crippen molar-refractivity contribution >= 4 is 11.4 Å². The van der Waals surface area contributed by atoms with Crippen LogP contribution in [0.25, 0.3) is 0 Å². The van der Waals surface area contributed by atoms with Gasteiger partial charge in [0.25, 0.3) is 0 Å². The highest BCUT2D eigenvalue weighted by Crippen LogP contribution is 2.44. The van der Waals surface area contributed by atoms with Crippen LogP contribution in [0.15, 0.2) is 36.4 Å². The molecule has 1 aliphatic heterocycles. The fourth-order valence-electron chi connectivity index (χ4n) is 3.05. The average Bonchev–Trinajstić information content (AvgIpc) is 2.53. The van der Waals surface area contributed by atoms with Crippen LogP contribution in [-0.2, 0) is 19.2 Å². The molecule has 0 atom stereocenters. The number of rotatable bonds is 2. The van der Waals surface area contributed by atoms with Crippen molar-refractivity contribution in [2.75, 3.05) is 11.4 Å². The summed E-state index contributed by atoms with van der Waals surface area (Å²) in [6.07, 6.45) is -2.89. The first-order chi connectivity index (χ1) is 10.9. The SMILES string of the molecule is OCc1c(C(F)(F)F)ccc(N2CCCc3ccccc32)c1O. The number of aryl methyl sites for hydroxylation is 1. The van der Waals surface area contributed by atoms with Crippen LogP contribution in [-0.4, -0.2) is 16.8 Å². The number of para-hydroxylation sites is 1. The van der Waals surface area contributed by atoms with E-state index < -0.39 is 29.7 Å². The molecule has 0 saturated heterocycles. The number of phenols is 1. The number of benzene rings is 2. The van der Waals surface area contributed by atoms with E-state index in [1.807, 2.05) is 24.3 Å². The van der Waals surface area contributed by atoms with Crippen LogP contribution in [0.5, 0.6) is 5.75 Å². The summed E-state index contributed by atoms with van der Waals surface area (Å²) >= 11 is 0. The zero-order chi connectivity index (χ0) is 16.6. The minimum atomic E-state index is -4.62. The number of nitrogens with zero attached hydrogens (tertiary/aromatic N) is 1. The van der Waals surface area contributed by atoms with Crippen molar-refractivity contribution in [3.63, 3.8) is 0 Å². The molecule has 0 aliphatic carbocycles. The van der Waals surface area contributed by atoms with E-state index in [1.165, 1.54) is 6.07 Å². The zero-order valence-corrected chi connectivity index (χ0v) is 12.3. The van der Waals surface area contributed by atoms with Crippen LogP contribution in [0.2, 0.25) is 0 Å². The van der Waals surface area contributed by atoms with Crippen molar-refractivity contribution < 1.29 is 23.4 Å². The Morgan fingerprint density at radius 1 is 1.04 bits per heavy atom. The van der Waals surface area contributed by atoms with Crippen molar-refractivity contribution in [1.82, 2.24) is 0 Å². The summed E-state index contributed by atoms with van der Waals surface area (Å²) in [5.74, 6) is -0.515. The largest absolute Gasteiger partial charge is 0.505 e. The molecule has 0 saturated carbocycles. The lowest BCUT2D eigenvalue weighted by Crippen LogP contribution is -2.25. The third-order valence-electron chi connectivity index (χ3n) is 4.13. The monoisotopic (exact) mass is 323 g/mol. The van der Waals surface area contributed by atoms with Gasteiger partial charge in [0.1, 0.15) is 5.75 Å².